The van der Waals surface area contributed by atoms with Gasteiger partial charge in [0.05, 0.1) is 5.41 Å². The normalized spacial score (nSPS) is 14.4. The van der Waals surface area contributed by atoms with E-state index >= 15 is 0 Å². The number of anilines is 3. The molecule has 1 aliphatic heterocycles. The molecule has 2 aliphatic carbocycles. The quantitative estimate of drug-likeness (QED) is 0.178. The molecule has 12 rings (SSSR count). The monoisotopic (exact) mass is 741 g/mol. The molecule has 0 saturated carbocycles. The lowest BCUT2D eigenvalue weighted by molar-refractivity contribution is 0.439. The van der Waals surface area contributed by atoms with E-state index in [1.807, 2.05) is 0 Å². The predicted octanol–water partition coefficient (Wildman–Crippen LogP) is 14.8. The average molecular weight is 742 g/mol. The van der Waals surface area contributed by atoms with E-state index in [1.54, 1.807) is 0 Å². The van der Waals surface area contributed by atoms with E-state index in [4.69, 9.17) is 4.74 Å². The van der Waals surface area contributed by atoms with E-state index in [9.17, 15) is 0 Å². The molecule has 0 saturated heterocycles. The molecule has 0 atom stereocenters. The van der Waals surface area contributed by atoms with Crippen LogP contribution in [0.5, 0.6) is 11.5 Å². The zero-order chi connectivity index (χ0) is 38.6. The minimum atomic E-state index is -0.540. The summed E-state index contributed by atoms with van der Waals surface area (Å²) in [7, 11) is 0. The van der Waals surface area contributed by atoms with Gasteiger partial charge in [-0.1, -0.05) is 166 Å². The van der Waals surface area contributed by atoms with Crippen molar-refractivity contribution in [2.24, 2.45) is 0 Å². The summed E-state index contributed by atoms with van der Waals surface area (Å²) in [5.41, 5.74) is 17.8. The van der Waals surface area contributed by atoms with Crippen molar-refractivity contribution in [1.82, 2.24) is 0 Å². The van der Waals surface area contributed by atoms with E-state index in [1.165, 1.54) is 66.4 Å². The molecule has 274 valence electrons. The highest BCUT2D eigenvalue weighted by Gasteiger charge is 2.51. The third kappa shape index (κ3) is 4.49. The first-order valence-corrected chi connectivity index (χ1v) is 20.3. The molecule has 1 heterocycles. The zero-order valence-corrected chi connectivity index (χ0v) is 32.4. The Hall–Kier alpha value is -7.16. The maximum absolute atomic E-state index is 7.18. The lowest BCUT2D eigenvalue weighted by Crippen LogP contribution is -2.32. The van der Waals surface area contributed by atoms with Crippen molar-refractivity contribution < 1.29 is 4.74 Å². The Labute approximate surface area is 339 Å². The van der Waals surface area contributed by atoms with E-state index < -0.39 is 5.41 Å². The van der Waals surface area contributed by atoms with Crippen molar-refractivity contribution >= 4 is 27.8 Å². The number of ether oxygens (including phenoxy) is 1. The molecule has 0 radical (unpaired) electrons. The van der Waals surface area contributed by atoms with Gasteiger partial charge in [-0.25, -0.2) is 0 Å². The number of hydrogen-bond acceptors (Lipinski definition) is 2. The molecular formula is C56H39NO. The van der Waals surface area contributed by atoms with Crippen molar-refractivity contribution in [2.75, 3.05) is 4.90 Å². The van der Waals surface area contributed by atoms with Gasteiger partial charge in [-0.05, 0) is 109 Å². The Morgan fingerprint density at radius 2 is 0.879 bits per heavy atom. The van der Waals surface area contributed by atoms with E-state index in [-0.39, 0.29) is 5.41 Å². The van der Waals surface area contributed by atoms with Gasteiger partial charge in [0.1, 0.15) is 11.5 Å². The minimum Gasteiger partial charge on any atom is -0.456 e. The smallest absolute Gasteiger partial charge is 0.140 e. The van der Waals surface area contributed by atoms with Gasteiger partial charge < -0.3 is 9.64 Å². The van der Waals surface area contributed by atoms with Crippen molar-refractivity contribution in [3.63, 3.8) is 0 Å². The first-order chi connectivity index (χ1) is 28.5. The summed E-state index contributed by atoms with van der Waals surface area (Å²) in [5.74, 6) is 1.81. The summed E-state index contributed by atoms with van der Waals surface area (Å²) < 4.78 is 7.18. The molecule has 3 aliphatic rings. The van der Waals surface area contributed by atoms with Crippen molar-refractivity contribution in [3.8, 4) is 44.9 Å². The van der Waals surface area contributed by atoms with Gasteiger partial charge in [0.2, 0.25) is 0 Å². The SMILES string of the molecule is CC1(C)c2ccccc2-c2ccc(N(c3ccccc3)c3ccc(-c4cccc5c4Oc4cc6ccccc6cc4C54c5ccccc5-c5ccccc54)cc3)cc21. The van der Waals surface area contributed by atoms with Crippen LogP contribution >= 0.6 is 0 Å². The van der Waals surface area contributed by atoms with E-state index in [0.29, 0.717) is 0 Å². The van der Waals surface area contributed by atoms with Crippen LogP contribution in [-0.2, 0) is 10.8 Å². The van der Waals surface area contributed by atoms with Crippen molar-refractivity contribution in [2.45, 2.75) is 24.7 Å². The molecule has 2 nitrogen and oxygen atoms in total. The topological polar surface area (TPSA) is 12.5 Å². The van der Waals surface area contributed by atoms with Crippen LogP contribution in [0, 0.1) is 0 Å². The fourth-order valence-electron chi connectivity index (χ4n) is 10.5. The van der Waals surface area contributed by atoms with Crippen molar-refractivity contribution in [3.05, 3.63) is 234 Å². The van der Waals surface area contributed by atoms with Crippen LogP contribution < -0.4 is 9.64 Å². The molecule has 58 heavy (non-hydrogen) atoms. The van der Waals surface area contributed by atoms with Crippen LogP contribution in [-0.4, -0.2) is 0 Å². The Morgan fingerprint density at radius 3 is 1.59 bits per heavy atom. The second kappa shape index (κ2) is 12.2. The Kier molecular flexibility index (Phi) is 6.93. The van der Waals surface area contributed by atoms with Gasteiger partial charge in [0, 0.05) is 39.2 Å². The first kappa shape index (κ1) is 33.0. The van der Waals surface area contributed by atoms with Gasteiger partial charge in [0.25, 0.3) is 0 Å². The first-order valence-electron chi connectivity index (χ1n) is 20.3. The van der Waals surface area contributed by atoms with Crippen LogP contribution in [0.3, 0.4) is 0 Å². The fraction of sp³-hybridized carbons (Fsp3) is 0.0714. The highest BCUT2D eigenvalue weighted by atomic mass is 16.5. The van der Waals surface area contributed by atoms with Gasteiger partial charge >= 0.3 is 0 Å². The lowest BCUT2D eigenvalue weighted by Gasteiger charge is -2.40. The molecule has 9 aromatic rings. The van der Waals surface area contributed by atoms with Gasteiger partial charge in [-0.3, -0.25) is 0 Å². The summed E-state index contributed by atoms with van der Waals surface area (Å²) in [6.07, 6.45) is 0. The maximum Gasteiger partial charge on any atom is 0.140 e. The highest BCUT2D eigenvalue weighted by molar-refractivity contribution is 5.94. The molecule has 9 aromatic carbocycles. The zero-order valence-electron chi connectivity index (χ0n) is 32.4. The number of fused-ring (bicyclic) bond motifs is 13. The second-order valence-electron chi connectivity index (χ2n) is 16.4. The summed E-state index contributed by atoms with van der Waals surface area (Å²) in [5, 5.41) is 2.38. The molecule has 0 bridgehead atoms. The third-order valence-corrected chi connectivity index (χ3v) is 13.1. The third-order valence-electron chi connectivity index (χ3n) is 13.1. The Morgan fingerprint density at radius 1 is 0.362 bits per heavy atom. The Bertz CT molecular complexity index is 3080. The number of hydrogen-bond donors (Lipinski definition) is 0. The van der Waals surface area contributed by atoms with E-state index in [0.717, 1.165) is 39.7 Å². The number of benzene rings is 9. The predicted molar refractivity (Wildman–Crippen MR) is 239 cm³/mol. The highest BCUT2D eigenvalue weighted by Crippen LogP contribution is 2.63. The maximum atomic E-state index is 7.18. The van der Waals surface area contributed by atoms with Gasteiger partial charge in [-0.15, -0.1) is 0 Å². The van der Waals surface area contributed by atoms with Crippen LogP contribution in [0.2, 0.25) is 0 Å². The molecule has 0 unspecified atom stereocenters. The largest absolute Gasteiger partial charge is 0.456 e. The summed E-state index contributed by atoms with van der Waals surface area (Å²) in [4.78, 5) is 2.38. The molecule has 1 spiro atoms. The summed E-state index contributed by atoms with van der Waals surface area (Å²) in [6.45, 7) is 4.69. The summed E-state index contributed by atoms with van der Waals surface area (Å²) in [6, 6.07) is 73.4. The second-order valence-corrected chi connectivity index (χ2v) is 16.4. The fourth-order valence-corrected chi connectivity index (χ4v) is 10.5. The lowest BCUT2D eigenvalue weighted by atomic mass is 9.65. The number of nitrogens with zero attached hydrogens (tertiary/aromatic N) is 1. The molecule has 0 amide bonds. The molecule has 0 N–H and O–H groups in total. The van der Waals surface area contributed by atoms with E-state index in [2.05, 4.69) is 219 Å². The molecule has 0 aromatic heterocycles. The van der Waals surface area contributed by atoms with Crippen LogP contribution in [0.15, 0.2) is 200 Å². The molecular weight excluding hydrogens is 703 g/mol. The minimum absolute atomic E-state index is 0.0941. The molecule has 2 heteroatoms. The average Bonchev–Trinajstić information content (AvgIpc) is 3.69. The number of rotatable bonds is 4. The van der Waals surface area contributed by atoms with Crippen LogP contribution in [0.25, 0.3) is 44.2 Å². The Balaban J connectivity index is 1.02. The van der Waals surface area contributed by atoms with Gasteiger partial charge in [0.15, 0.2) is 0 Å². The molecule has 0 fully saturated rings. The number of para-hydroxylation sites is 2. The van der Waals surface area contributed by atoms with Gasteiger partial charge in [-0.2, -0.15) is 0 Å². The summed E-state index contributed by atoms with van der Waals surface area (Å²) >= 11 is 0. The van der Waals surface area contributed by atoms with Crippen LogP contribution in [0.4, 0.5) is 17.1 Å². The van der Waals surface area contributed by atoms with Crippen LogP contribution in [0.1, 0.15) is 47.2 Å². The van der Waals surface area contributed by atoms with Crippen molar-refractivity contribution in [1.29, 1.82) is 0 Å². The standard InChI is InChI=1S/C56H39NO/c1-55(2)47-23-11-8-19-43(47)46-32-31-41(35-51(46)55)57(39-17-4-3-5-18-39)40-29-27-36(28-30-40)42-22-14-26-50-54(42)58-53-34-38-16-7-6-15-37(38)33-52(53)56(50)48-24-12-9-20-44(48)45-21-10-13-25-49(45)56/h3-35H,1-2H3.